The maximum atomic E-state index is 14.3. The first-order chi connectivity index (χ1) is 12.0. The number of nitrogens with zero attached hydrogens (tertiary/aromatic N) is 1. The number of ether oxygens (including phenoxy) is 1. The van der Waals surface area contributed by atoms with Crippen molar-refractivity contribution >= 4 is 46.4 Å². The topological polar surface area (TPSA) is 68.3 Å². The molecule has 26 heavy (non-hydrogen) atoms. The lowest BCUT2D eigenvalue weighted by Crippen LogP contribution is -2.32. The second-order valence-electron chi connectivity index (χ2n) is 6.21. The monoisotopic (exact) mass is 422 g/mol. The fourth-order valence-corrected chi connectivity index (χ4v) is 3.29. The van der Waals surface area contributed by atoms with Crippen molar-refractivity contribution in [1.82, 2.24) is 10.3 Å². The predicted molar refractivity (Wildman–Crippen MR) is 95.0 cm³/mol. The predicted octanol–water partition coefficient (Wildman–Crippen LogP) is 4.98. The molecule has 140 valence electrons. The van der Waals surface area contributed by atoms with E-state index >= 15 is 0 Å². The molecule has 0 radical (unpaired) electrons. The van der Waals surface area contributed by atoms with Crippen LogP contribution >= 0.6 is 34.5 Å². The van der Waals surface area contributed by atoms with Crippen LogP contribution in [0.25, 0.3) is 0 Å². The average molecular weight is 423 g/mol. The number of thiazole rings is 1. The van der Waals surface area contributed by atoms with Crippen molar-refractivity contribution in [2.75, 3.05) is 0 Å². The molecule has 0 saturated carbocycles. The number of hydrogen-bond donors (Lipinski definition) is 1. The molecular formula is C16H14Cl2F2N2O3S. The number of halogens is 4. The molecule has 0 aliphatic heterocycles. The smallest absolute Gasteiger partial charge is 0.407 e. The van der Waals surface area contributed by atoms with Crippen LogP contribution in [0.5, 0.6) is 0 Å². The van der Waals surface area contributed by atoms with E-state index in [1.54, 1.807) is 20.8 Å². The van der Waals surface area contributed by atoms with Crippen molar-refractivity contribution < 1.29 is 23.1 Å². The Bertz CT molecular complexity index is 843. The number of amides is 1. The minimum absolute atomic E-state index is 0.0163. The van der Waals surface area contributed by atoms with Gasteiger partial charge in [0.25, 0.3) is 0 Å². The summed E-state index contributed by atoms with van der Waals surface area (Å²) >= 11 is 12.1. The van der Waals surface area contributed by atoms with Crippen molar-refractivity contribution in [1.29, 1.82) is 0 Å². The van der Waals surface area contributed by atoms with Crippen LogP contribution in [0.4, 0.5) is 13.6 Å². The molecule has 0 atom stereocenters. The maximum absolute atomic E-state index is 14.3. The highest BCUT2D eigenvalue weighted by atomic mass is 35.5. The Morgan fingerprint density at radius 2 is 1.81 bits per heavy atom. The Balaban J connectivity index is 2.19. The van der Waals surface area contributed by atoms with Gasteiger partial charge in [-0.15, -0.1) is 0 Å². The van der Waals surface area contributed by atoms with Gasteiger partial charge in [-0.2, -0.15) is 0 Å². The van der Waals surface area contributed by atoms with Gasteiger partial charge in [0.2, 0.25) is 5.78 Å². The van der Waals surface area contributed by atoms with Gasteiger partial charge in [-0.25, -0.2) is 18.6 Å². The van der Waals surface area contributed by atoms with Crippen molar-refractivity contribution in [3.8, 4) is 0 Å². The lowest BCUT2D eigenvalue weighted by molar-refractivity contribution is 0.0523. The summed E-state index contributed by atoms with van der Waals surface area (Å²) in [6.07, 6.45) is -0.732. The van der Waals surface area contributed by atoms with Gasteiger partial charge in [0.1, 0.15) is 22.1 Å². The largest absolute Gasteiger partial charge is 0.444 e. The summed E-state index contributed by atoms with van der Waals surface area (Å²) in [6, 6.07) is 1.90. The van der Waals surface area contributed by atoms with Gasteiger partial charge in [0, 0.05) is 6.54 Å². The van der Waals surface area contributed by atoms with E-state index in [9.17, 15) is 18.4 Å². The van der Waals surface area contributed by atoms with Crippen LogP contribution in [0.1, 0.15) is 41.6 Å². The molecular weight excluding hydrogens is 409 g/mol. The summed E-state index contributed by atoms with van der Waals surface area (Å²) in [6.45, 7) is 4.87. The lowest BCUT2D eigenvalue weighted by Gasteiger charge is -2.19. The molecule has 1 N–H and O–H groups in total. The average Bonchev–Trinajstić information content (AvgIpc) is 2.81. The molecule has 0 aliphatic rings. The third-order valence-electron chi connectivity index (χ3n) is 2.93. The van der Waals surface area contributed by atoms with E-state index in [4.69, 9.17) is 27.9 Å². The molecule has 0 unspecified atom stereocenters. The highest BCUT2D eigenvalue weighted by Gasteiger charge is 2.25. The molecule has 2 aromatic rings. The number of benzene rings is 1. The fraction of sp³-hybridized carbons (Fsp3) is 0.312. The Kier molecular flexibility index (Phi) is 6.21. The SMILES string of the molecule is CC(C)(C)OC(=O)NCc1cc(F)c(C(=O)c2sc(Cl)nc2Cl)c(F)c1. The molecule has 1 amide bonds. The number of ketones is 1. The summed E-state index contributed by atoms with van der Waals surface area (Å²) in [5.41, 5.74) is -1.35. The third-order valence-corrected chi connectivity index (χ3v) is 4.47. The molecule has 1 aromatic heterocycles. The van der Waals surface area contributed by atoms with Gasteiger partial charge in [-0.3, -0.25) is 4.79 Å². The first-order valence-electron chi connectivity index (χ1n) is 7.29. The highest BCUT2D eigenvalue weighted by Crippen LogP contribution is 2.30. The van der Waals surface area contributed by atoms with Crippen LogP contribution in [0.3, 0.4) is 0 Å². The van der Waals surface area contributed by atoms with Gasteiger partial charge in [-0.05, 0) is 38.5 Å². The van der Waals surface area contributed by atoms with Gasteiger partial charge < -0.3 is 10.1 Å². The van der Waals surface area contributed by atoms with Crippen LogP contribution in [0.2, 0.25) is 9.62 Å². The van der Waals surface area contributed by atoms with E-state index in [-0.39, 0.29) is 26.6 Å². The Labute approximate surface area is 162 Å². The summed E-state index contributed by atoms with van der Waals surface area (Å²) < 4.78 is 33.6. The Hall–Kier alpha value is -1.77. The quantitative estimate of drug-likeness (QED) is 0.705. The van der Waals surface area contributed by atoms with Gasteiger partial charge in [0.05, 0.1) is 5.56 Å². The molecule has 1 heterocycles. The van der Waals surface area contributed by atoms with Crippen molar-refractivity contribution in [3.63, 3.8) is 0 Å². The van der Waals surface area contributed by atoms with Gasteiger partial charge >= 0.3 is 6.09 Å². The maximum Gasteiger partial charge on any atom is 0.407 e. The summed E-state index contributed by atoms with van der Waals surface area (Å²) in [5, 5.41) is 2.15. The van der Waals surface area contributed by atoms with Crippen LogP contribution in [-0.4, -0.2) is 22.5 Å². The first-order valence-corrected chi connectivity index (χ1v) is 8.86. The van der Waals surface area contributed by atoms with E-state index in [1.807, 2.05) is 0 Å². The Morgan fingerprint density at radius 3 is 2.27 bits per heavy atom. The van der Waals surface area contributed by atoms with Crippen molar-refractivity contribution in [3.05, 3.63) is 49.4 Å². The zero-order chi connectivity index (χ0) is 19.6. The van der Waals surface area contributed by atoms with E-state index < -0.39 is 34.7 Å². The zero-order valence-electron chi connectivity index (χ0n) is 14.0. The van der Waals surface area contributed by atoms with Crippen LogP contribution in [0, 0.1) is 11.6 Å². The fourth-order valence-electron chi connectivity index (χ4n) is 1.96. The third kappa shape index (κ3) is 5.12. The van der Waals surface area contributed by atoms with Crippen molar-refractivity contribution in [2.45, 2.75) is 32.9 Å². The van der Waals surface area contributed by atoms with E-state index in [1.165, 1.54) is 0 Å². The molecule has 5 nitrogen and oxygen atoms in total. The molecule has 0 aliphatic carbocycles. The Morgan fingerprint density at radius 1 is 1.23 bits per heavy atom. The minimum Gasteiger partial charge on any atom is -0.444 e. The first kappa shape index (κ1) is 20.5. The van der Waals surface area contributed by atoms with Crippen LogP contribution in [0.15, 0.2) is 12.1 Å². The zero-order valence-corrected chi connectivity index (χ0v) is 16.3. The summed E-state index contributed by atoms with van der Waals surface area (Å²) in [4.78, 5) is 27.4. The molecule has 1 aromatic carbocycles. The van der Waals surface area contributed by atoms with Gasteiger partial charge in [0.15, 0.2) is 9.62 Å². The summed E-state index contributed by atoms with van der Waals surface area (Å²) in [5.74, 6) is -3.13. The molecule has 0 bridgehead atoms. The minimum atomic E-state index is -1.09. The van der Waals surface area contributed by atoms with Crippen LogP contribution < -0.4 is 5.32 Å². The van der Waals surface area contributed by atoms with Crippen LogP contribution in [-0.2, 0) is 11.3 Å². The number of hydrogen-bond acceptors (Lipinski definition) is 5. The number of alkyl carbamates (subject to hydrolysis) is 1. The van der Waals surface area contributed by atoms with E-state index in [0.29, 0.717) is 0 Å². The molecule has 0 fully saturated rings. The van der Waals surface area contributed by atoms with Gasteiger partial charge in [-0.1, -0.05) is 34.5 Å². The lowest BCUT2D eigenvalue weighted by atomic mass is 10.1. The second kappa shape index (κ2) is 7.85. The normalized spacial score (nSPS) is 11.3. The van der Waals surface area contributed by atoms with Crippen molar-refractivity contribution in [2.24, 2.45) is 0 Å². The molecule has 0 spiro atoms. The molecule has 10 heteroatoms. The standard InChI is InChI=1S/C16H14Cl2F2N2O3S/c1-16(2,3)25-15(24)21-6-7-4-8(19)10(9(20)5-7)11(23)12-13(17)22-14(18)26-12/h4-5H,6H2,1-3H3,(H,21,24). The number of carbonyl (C=O) groups excluding carboxylic acids is 2. The summed E-state index contributed by atoms with van der Waals surface area (Å²) in [7, 11) is 0. The molecule has 2 rings (SSSR count). The highest BCUT2D eigenvalue weighted by molar-refractivity contribution is 7.18. The number of carbonyl (C=O) groups is 2. The number of rotatable bonds is 4. The number of nitrogens with one attached hydrogen (secondary N) is 1. The van der Waals surface area contributed by atoms with E-state index in [2.05, 4.69) is 10.3 Å². The second-order valence-corrected chi connectivity index (χ2v) is 8.14. The van der Waals surface area contributed by atoms with E-state index in [0.717, 1.165) is 23.5 Å². The number of aromatic nitrogens is 1. The molecule has 0 saturated heterocycles.